The van der Waals surface area contributed by atoms with Crippen LogP contribution < -0.4 is 4.74 Å². The summed E-state index contributed by atoms with van der Waals surface area (Å²) in [7, 11) is 0. The number of ether oxygens (including phenoxy) is 1. The molecule has 5 heteroatoms. The van der Waals surface area contributed by atoms with Gasteiger partial charge in [-0.25, -0.2) is 4.79 Å². The fourth-order valence-corrected chi connectivity index (χ4v) is 6.79. The van der Waals surface area contributed by atoms with E-state index in [1.165, 1.54) is 4.90 Å². The molecule has 180 valence electrons. The summed E-state index contributed by atoms with van der Waals surface area (Å²) in [6.07, 6.45) is 5.66. The van der Waals surface area contributed by atoms with Crippen molar-refractivity contribution < 1.29 is 19.1 Å². The van der Waals surface area contributed by atoms with Crippen LogP contribution in [-0.2, 0) is 20.8 Å². The van der Waals surface area contributed by atoms with Crippen LogP contribution in [0.4, 0.5) is 0 Å². The Hall–Kier alpha value is -3.21. The zero-order valence-corrected chi connectivity index (χ0v) is 20.4. The molecule has 35 heavy (non-hydrogen) atoms. The van der Waals surface area contributed by atoms with Crippen LogP contribution in [0.15, 0.2) is 60.7 Å². The SMILES string of the molecule is Cc1ccc(C(C)C)c(OC(=O)[C@@H](Cc2ccccc2)N2C(=O)[C@@H]3[C@@H]4C=C[C@H]([C@H]5C[C@H]45)[C@@H]3C2=O)c1. The van der Waals surface area contributed by atoms with E-state index in [1.54, 1.807) is 0 Å². The standard InChI is InChI=1S/C30H31NO4/c1-16(2)19-10-9-17(3)13-25(19)35-30(34)24(14-18-7-5-4-6-8-18)31-28(32)26-20-11-12-21(23-15-22(20)23)27(26)29(31)33/h4-13,16,20-24,26-27H,14-15H2,1-3H3/t20-,21-,22-,23-,24-,26-,27+/m1/s1. The topological polar surface area (TPSA) is 63.7 Å². The first-order chi connectivity index (χ1) is 16.8. The Kier molecular flexibility index (Phi) is 5.21. The summed E-state index contributed by atoms with van der Waals surface area (Å²) in [6, 6.07) is 14.4. The molecule has 7 rings (SSSR count). The van der Waals surface area contributed by atoms with Crippen LogP contribution in [0.1, 0.15) is 42.9 Å². The van der Waals surface area contributed by atoms with Gasteiger partial charge in [0.2, 0.25) is 11.8 Å². The van der Waals surface area contributed by atoms with Crippen LogP contribution in [-0.4, -0.2) is 28.7 Å². The number of carbonyl (C=O) groups excluding carboxylic acids is 3. The predicted molar refractivity (Wildman–Crippen MR) is 131 cm³/mol. The van der Waals surface area contributed by atoms with Crippen molar-refractivity contribution in [3.63, 3.8) is 0 Å². The van der Waals surface area contributed by atoms with Crippen LogP contribution in [0.5, 0.6) is 5.75 Å². The minimum Gasteiger partial charge on any atom is -0.425 e. The highest BCUT2D eigenvalue weighted by atomic mass is 16.5. The number of carbonyl (C=O) groups is 3. The van der Waals surface area contributed by atoms with Gasteiger partial charge in [-0.15, -0.1) is 0 Å². The number of rotatable bonds is 6. The molecule has 2 aromatic carbocycles. The van der Waals surface area contributed by atoms with E-state index in [9.17, 15) is 14.4 Å². The lowest BCUT2D eigenvalue weighted by Crippen LogP contribution is -2.48. The highest BCUT2D eigenvalue weighted by Crippen LogP contribution is 2.65. The van der Waals surface area contributed by atoms with Crippen LogP contribution in [0.3, 0.4) is 0 Å². The molecule has 0 spiro atoms. The maximum absolute atomic E-state index is 13.8. The average molecular weight is 470 g/mol. The molecule has 2 saturated carbocycles. The molecule has 1 aliphatic heterocycles. The number of hydrogen-bond acceptors (Lipinski definition) is 4. The van der Waals surface area contributed by atoms with Gasteiger partial charge in [0.15, 0.2) is 0 Å². The van der Waals surface area contributed by atoms with E-state index in [1.807, 2.05) is 55.5 Å². The molecule has 1 saturated heterocycles. The van der Waals surface area contributed by atoms with Crippen molar-refractivity contribution in [2.24, 2.45) is 35.5 Å². The summed E-state index contributed by atoms with van der Waals surface area (Å²) in [5, 5.41) is 0. The third-order valence-electron chi connectivity index (χ3n) is 8.55. The second kappa shape index (κ2) is 8.18. The minimum atomic E-state index is -0.987. The number of likely N-dealkylation sites (tertiary alicyclic amines) is 1. The second-order valence-corrected chi connectivity index (χ2v) is 11.0. The maximum Gasteiger partial charge on any atom is 0.335 e. The molecule has 2 bridgehead atoms. The summed E-state index contributed by atoms with van der Waals surface area (Å²) < 4.78 is 5.98. The Bertz CT molecular complexity index is 1200. The molecule has 2 aromatic rings. The number of benzene rings is 2. The van der Waals surface area contributed by atoms with Gasteiger partial charge in [0.25, 0.3) is 0 Å². The molecule has 2 amide bonds. The Balaban J connectivity index is 1.35. The third-order valence-corrected chi connectivity index (χ3v) is 8.55. The Morgan fingerprint density at radius 1 is 0.971 bits per heavy atom. The number of nitrogens with zero attached hydrogens (tertiary/aromatic N) is 1. The lowest BCUT2D eigenvalue weighted by atomic mass is 9.63. The van der Waals surface area contributed by atoms with Crippen molar-refractivity contribution in [2.45, 2.75) is 45.6 Å². The molecule has 5 nitrogen and oxygen atoms in total. The zero-order chi connectivity index (χ0) is 24.4. The maximum atomic E-state index is 13.8. The van der Waals surface area contributed by atoms with E-state index in [-0.39, 0.29) is 47.8 Å². The van der Waals surface area contributed by atoms with E-state index in [2.05, 4.69) is 26.0 Å². The number of imide groups is 1. The van der Waals surface area contributed by atoms with Crippen molar-refractivity contribution in [2.75, 3.05) is 0 Å². The average Bonchev–Trinajstić information content (AvgIpc) is 3.62. The van der Waals surface area contributed by atoms with E-state index in [0.717, 1.165) is 23.1 Å². The summed E-state index contributed by atoms with van der Waals surface area (Å²) in [5.74, 6) is 0.323. The van der Waals surface area contributed by atoms with E-state index in [4.69, 9.17) is 4.74 Å². The van der Waals surface area contributed by atoms with Crippen molar-refractivity contribution in [3.05, 3.63) is 77.4 Å². The first-order valence-corrected chi connectivity index (χ1v) is 12.8. The molecule has 0 N–H and O–H groups in total. The van der Waals surface area contributed by atoms with Gasteiger partial charge < -0.3 is 4.74 Å². The van der Waals surface area contributed by atoms with Crippen LogP contribution in [0, 0.1) is 42.4 Å². The fourth-order valence-electron chi connectivity index (χ4n) is 6.79. The van der Waals surface area contributed by atoms with Gasteiger partial charge in [-0.05, 0) is 65.7 Å². The number of aryl methyl sites for hydroxylation is 1. The summed E-state index contributed by atoms with van der Waals surface area (Å²) >= 11 is 0. The van der Waals surface area contributed by atoms with Crippen LogP contribution in [0.2, 0.25) is 0 Å². The van der Waals surface area contributed by atoms with Crippen molar-refractivity contribution in [3.8, 4) is 5.75 Å². The van der Waals surface area contributed by atoms with Crippen molar-refractivity contribution in [1.29, 1.82) is 0 Å². The van der Waals surface area contributed by atoms with Gasteiger partial charge in [0.05, 0.1) is 11.8 Å². The van der Waals surface area contributed by atoms with Gasteiger partial charge in [-0.2, -0.15) is 0 Å². The highest BCUT2D eigenvalue weighted by Gasteiger charge is 2.68. The van der Waals surface area contributed by atoms with Crippen molar-refractivity contribution in [1.82, 2.24) is 4.90 Å². The lowest BCUT2D eigenvalue weighted by molar-refractivity contribution is -0.153. The van der Waals surface area contributed by atoms with Crippen molar-refractivity contribution >= 4 is 17.8 Å². The number of esters is 1. The molecule has 0 radical (unpaired) electrons. The molecule has 7 atom stereocenters. The van der Waals surface area contributed by atoms with Crippen LogP contribution >= 0.6 is 0 Å². The summed E-state index contributed by atoms with van der Waals surface area (Å²) in [6.45, 7) is 6.06. The number of allylic oxidation sites excluding steroid dienone is 2. The van der Waals surface area contributed by atoms with Gasteiger partial charge in [0.1, 0.15) is 11.8 Å². The molecule has 5 aliphatic rings. The molecule has 4 aliphatic carbocycles. The largest absolute Gasteiger partial charge is 0.425 e. The second-order valence-electron chi connectivity index (χ2n) is 11.0. The smallest absolute Gasteiger partial charge is 0.335 e. The van der Waals surface area contributed by atoms with E-state index >= 15 is 0 Å². The molecule has 3 fully saturated rings. The van der Waals surface area contributed by atoms with Gasteiger partial charge in [0, 0.05) is 6.42 Å². The van der Waals surface area contributed by atoms with Gasteiger partial charge in [-0.3, -0.25) is 14.5 Å². The molecule has 1 heterocycles. The van der Waals surface area contributed by atoms with E-state index < -0.39 is 12.0 Å². The van der Waals surface area contributed by atoms with E-state index in [0.29, 0.717) is 17.6 Å². The Morgan fingerprint density at radius 2 is 1.60 bits per heavy atom. The summed E-state index contributed by atoms with van der Waals surface area (Å²) in [5.41, 5.74) is 2.80. The predicted octanol–water partition coefficient (Wildman–Crippen LogP) is 4.69. The van der Waals surface area contributed by atoms with Gasteiger partial charge in [-0.1, -0.05) is 68.5 Å². The highest BCUT2D eigenvalue weighted by molar-refractivity contribution is 6.09. The third kappa shape index (κ3) is 3.55. The number of hydrogen-bond donors (Lipinski definition) is 0. The Labute approximate surface area is 206 Å². The molecule has 0 aromatic heterocycles. The lowest BCUT2D eigenvalue weighted by Gasteiger charge is -2.37. The first kappa shape index (κ1) is 22.3. The van der Waals surface area contributed by atoms with Gasteiger partial charge >= 0.3 is 5.97 Å². The minimum absolute atomic E-state index is 0.120. The Morgan fingerprint density at radius 3 is 2.20 bits per heavy atom. The normalized spacial score (nSPS) is 30.9. The first-order valence-electron chi connectivity index (χ1n) is 12.8. The monoisotopic (exact) mass is 469 g/mol. The van der Waals surface area contributed by atoms with Crippen LogP contribution in [0.25, 0.3) is 0 Å². The fraction of sp³-hybridized carbons (Fsp3) is 0.433. The molecular weight excluding hydrogens is 438 g/mol. The summed E-state index contributed by atoms with van der Waals surface area (Å²) in [4.78, 5) is 42.6. The number of amides is 2. The molecule has 0 unspecified atom stereocenters. The zero-order valence-electron chi connectivity index (χ0n) is 20.4. The quantitative estimate of drug-likeness (QED) is 0.267. The molecular formula is C30H31NO4.